The molecule has 1 aliphatic heterocycles. The van der Waals surface area contributed by atoms with Gasteiger partial charge in [-0.15, -0.1) is 0 Å². The van der Waals surface area contributed by atoms with Crippen LogP contribution in [-0.2, 0) is 12.8 Å². The van der Waals surface area contributed by atoms with Gasteiger partial charge in [0.25, 0.3) is 5.91 Å². The molecule has 2 heterocycles. The maximum absolute atomic E-state index is 13.1. The fraction of sp³-hybridized carbons (Fsp3) is 0.520. The van der Waals surface area contributed by atoms with Gasteiger partial charge in [0.1, 0.15) is 11.3 Å². The number of nitrogens with two attached hydrogens (primary N) is 1. The Morgan fingerprint density at radius 1 is 1.17 bits per heavy atom. The van der Waals surface area contributed by atoms with E-state index in [-0.39, 0.29) is 22.9 Å². The lowest BCUT2D eigenvalue weighted by Gasteiger charge is -2.42. The summed E-state index contributed by atoms with van der Waals surface area (Å²) < 4.78 is 5.53. The summed E-state index contributed by atoms with van der Waals surface area (Å²) in [7, 11) is 0. The SMILES string of the molecule is Cc1cc(CCCc2ccccc2)oc(=O)c1C(=O)N1CCC2(CCCC2N)CC1. The number of carbonyl (C=O) groups excluding carboxylic acids is 1. The lowest BCUT2D eigenvalue weighted by molar-refractivity contribution is 0.0551. The van der Waals surface area contributed by atoms with Crippen LogP contribution in [0.5, 0.6) is 0 Å². The highest BCUT2D eigenvalue weighted by Crippen LogP contribution is 2.45. The molecule has 1 saturated heterocycles. The summed E-state index contributed by atoms with van der Waals surface area (Å²) in [5.41, 5.74) is 8.21. The van der Waals surface area contributed by atoms with Crippen molar-refractivity contribution >= 4 is 5.91 Å². The molecule has 1 spiro atoms. The number of hydrogen-bond acceptors (Lipinski definition) is 4. The van der Waals surface area contributed by atoms with Crippen molar-refractivity contribution in [1.29, 1.82) is 0 Å². The van der Waals surface area contributed by atoms with Gasteiger partial charge in [-0.1, -0.05) is 36.8 Å². The van der Waals surface area contributed by atoms with E-state index in [2.05, 4.69) is 12.1 Å². The van der Waals surface area contributed by atoms with Crippen LogP contribution >= 0.6 is 0 Å². The molecule has 0 bridgehead atoms. The van der Waals surface area contributed by atoms with Gasteiger partial charge in [0, 0.05) is 25.6 Å². The summed E-state index contributed by atoms with van der Waals surface area (Å²) in [5, 5.41) is 0. The second-order valence-electron chi connectivity index (χ2n) is 9.05. The Balaban J connectivity index is 1.39. The standard InChI is InChI=1S/C25H32N2O3/c1-18-17-20(10-5-9-19-7-3-2-4-8-19)30-24(29)22(18)23(28)27-15-13-25(14-16-27)12-6-11-21(25)26/h2-4,7-8,17,21H,5-6,9-16,26H2,1H3. The number of carbonyl (C=O) groups is 1. The zero-order valence-corrected chi connectivity index (χ0v) is 17.9. The zero-order chi connectivity index (χ0) is 21.1. The topological polar surface area (TPSA) is 76.5 Å². The van der Waals surface area contributed by atoms with Crippen molar-refractivity contribution < 1.29 is 9.21 Å². The Kier molecular flexibility index (Phi) is 6.09. The second kappa shape index (κ2) is 8.76. The molecule has 1 aromatic heterocycles. The Hall–Kier alpha value is -2.40. The predicted molar refractivity (Wildman–Crippen MR) is 118 cm³/mol. The van der Waals surface area contributed by atoms with Gasteiger partial charge in [0.05, 0.1) is 0 Å². The largest absolute Gasteiger partial charge is 0.427 e. The first-order valence-electron chi connectivity index (χ1n) is 11.2. The molecule has 30 heavy (non-hydrogen) atoms. The normalized spacial score (nSPS) is 20.6. The quantitative estimate of drug-likeness (QED) is 0.815. The summed E-state index contributed by atoms with van der Waals surface area (Å²) >= 11 is 0. The van der Waals surface area contributed by atoms with Crippen molar-refractivity contribution in [2.24, 2.45) is 11.1 Å². The predicted octanol–water partition coefficient (Wildman–Crippen LogP) is 3.86. The van der Waals surface area contributed by atoms with Crippen molar-refractivity contribution in [3.05, 3.63) is 69.3 Å². The van der Waals surface area contributed by atoms with Gasteiger partial charge >= 0.3 is 5.63 Å². The first-order chi connectivity index (χ1) is 14.5. The van der Waals surface area contributed by atoms with E-state index in [1.54, 1.807) is 0 Å². The Morgan fingerprint density at radius 3 is 2.53 bits per heavy atom. The average Bonchev–Trinajstić information content (AvgIpc) is 3.08. The van der Waals surface area contributed by atoms with Crippen LogP contribution in [-0.4, -0.2) is 29.9 Å². The molecule has 4 rings (SSSR count). The molecule has 1 aromatic carbocycles. The fourth-order valence-electron chi connectivity index (χ4n) is 5.26. The number of likely N-dealkylation sites (tertiary alicyclic amines) is 1. The molecular weight excluding hydrogens is 376 g/mol. The molecular formula is C25H32N2O3. The molecule has 2 aliphatic rings. The van der Waals surface area contributed by atoms with E-state index in [1.165, 1.54) is 12.0 Å². The van der Waals surface area contributed by atoms with Gasteiger partial charge < -0.3 is 15.1 Å². The highest BCUT2D eigenvalue weighted by atomic mass is 16.4. The zero-order valence-electron chi connectivity index (χ0n) is 17.9. The lowest BCUT2D eigenvalue weighted by Crippen LogP contribution is -2.49. The summed E-state index contributed by atoms with van der Waals surface area (Å²) in [6.45, 7) is 3.18. The van der Waals surface area contributed by atoms with Crippen molar-refractivity contribution in [2.45, 2.75) is 64.3 Å². The second-order valence-corrected chi connectivity index (χ2v) is 9.05. The van der Waals surface area contributed by atoms with Crippen molar-refractivity contribution in [2.75, 3.05) is 13.1 Å². The van der Waals surface area contributed by atoms with Gasteiger partial charge in [-0.2, -0.15) is 0 Å². The van der Waals surface area contributed by atoms with E-state index in [1.807, 2.05) is 36.1 Å². The molecule has 2 N–H and O–H groups in total. The van der Waals surface area contributed by atoms with E-state index in [9.17, 15) is 9.59 Å². The van der Waals surface area contributed by atoms with Gasteiger partial charge in [-0.3, -0.25) is 4.79 Å². The van der Waals surface area contributed by atoms with Gasteiger partial charge in [-0.05, 0) is 68.1 Å². The number of amides is 1. The van der Waals surface area contributed by atoms with Crippen LogP contribution in [0, 0.1) is 12.3 Å². The third kappa shape index (κ3) is 4.22. The molecule has 2 fully saturated rings. The van der Waals surface area contributed by atoms with Crippen LogP contribution in [0.3, 0.4) is 0 Å². The lowest BCUT2D eigenvalue weighted by atomic mass is 9.74. The summed E-state index contributed by atoms with van der Waals surface area (Å²) in [5.74, 6) is 0.456. The maximum atomic E-state index is 13.1. The minimum Gasteiger partial charge on any atom is -0.427 e. The molecule has 0 radical (unpaired) electrons. The monoisotopic (exact) mass is 408 g/mol. The van der Waals surface area contributed by atoms with Crippen molar-refractivity contribution in [1.82, 2.24) is 4.90 Å². The Labute approximate surface area is 178 Å². The van der Waals surface area contributed by atoms with Gasteiger partial charge in [0.2, 0.25) is 0 Å². The molecule has 5 nitrogen and oxygen atoms in total. The molecule has 5 heteroatoms. The Bertz CT molecular complexity index is 943. The van der Waals surface area contributed by atoms with E-state index < -0.39 is 5.63 Å². The smallest absolute Gasteiger partial charge is 0.349 e. The van der Waals surface area contributed by atoms with E-state index in [0.29, 0.717) is 30.8 Å². The van der Waals surface area contributed by atoms with E-state index in [4.69, 9.17) is 10.2 Å². The van der Waals surface area contributed by atoms with Crippen LogP contribution in [0.25, 0.3) is 0 Å². The number of rotatable bonds is 5. The number of piperidine rings is 1. The first kappa shape index (κ1) is 20.9. The van der Waals surface area contributed by atoms with Gasteiger partial charge in [-0.25, -0.2) is 4.79 Å². The first-order valence-corrected chi connectivity index (χ1v) is 11.2. The molecule has 160 valence electrons. The minimum atomic E-state index is -0.507. The number of nitrogens with zero attached hydrogens (tertiary/aromatic N) is 1. The summed E-state index contributed by atoms with van der Waals surface area (Å²) in [4.78, 5) is 27.5. The van der Waals surface area contributed by atoms with Crippen molar-refractivity contribution in [3.63, 3.8) is 0 Å². The molecule has 1 amide bonds. The van der Waals surface area contributed by atoms with Crippen LogP contribution in [0.15, 0.2) is 45.6 Å². The summed E-state index contributed by atoms with van der Waals surface area (Å²) in [6, 6.07) is 12.4. The average molecular weight is 409 g/mol. The summed E-state index contributed by atoms with van der Waals surface area (Å²) in [6.07, 6.45) is 7.81. The molecule has 1 saturated carbocycles. The number of aryl methyl sites for hydroxylation is 3. The Morgan fingerprint density at radius 2 is 1.90 bits per heavy atom. The number of benzene rings is 1. The van der Waals surface area contributed by atoms with Crippen LogP contribution in [0.1, 0.15) is 65.8 Å². The van der Waals surface area contributed by atoms with Crippen LogP contribution in [0.4, 0.5) is 0 Å². The van der Waals surface area contributed by atoms with Crippen LogP contribution in [0.2, 0.25) is 0 Å². The molecule has 1 aliphatic carbocycles. The minimum absolute atomic E-state index is 0.188. The molecule has 1 unspecified atom stereocenters. The number of hydrogen-bond donors (Lipinski definition) is 1. The van der Waals surface area contributed by atoms with Crippen LogP contribution < -0.4 is 11.4 Å². The van der Waals surface area contributed by atoms with Crippen molar-refractivity contribution in [3.8, 4) is 0 Å². The fourth-order valence-corrected chi connectivity index (χ4v) is 5.26. The van der Waals surface area contributed by atoms with Gasteiger partial charge in [0.15, 0.2) is 0 Å². The van der Waals surface area contributed by atoms with E-state index >= 15 is 0 Å². The maximum Gasteiger partial charge on any atom is 0.349 e. The third-order valence-electron chi connectivity index (χ3n) is 7.17. The molecule has 1 atom stereocenters. The van der Waals surface area contributed by atoms with E-state index in [0.717, 1.165) is 38.5 Å². The highest BCUT2D eigenvalue weighted by molar-refractivity contribution is 5.95. The third-order valence-corrected chi connectivity index (χ3v) is 7.17. The molecule has 2 aromatic rings. The highest BCUT2D eigenvalue weighted by Gasteiger charge is 2.43.